The summed E-state index contributed by atoms with van der Waals surface area (Å²) in [7, 11) is 0. The molecular formula is C20H32N6O3. The van der Waals surface area contributed by atoms with Gasteiger partial charge in [0.2, 0.25) is 0 Å². The molecule has 0 spiro atoms. The molecule has 0 aliphatic carbocycles. The predicted molar refractivity (Wildman–Crippen MR) is 110 cm³/mol. The third-order valence-electron chi connectivity index (χ3n) is 5.83. The third-order valence-corrected chi connectivity index (χ3v) is 5.83. The molecule has 0 unspecified atom stereocenters. The molecule has 1 aromatic rings. The van der Waals surface area contributed by atoms with Crippen molar-refractivity contribution >= 4 is 17.7 Å². The highest BCUT2D eigenvalue weighted by Crippen LogP contribution is 2.20. The summed E-state index contributed by atoms with van der Waals surface area (Å²) in [6.45, 7) is 4.70. The van der Waals surface area contributed by atoms with Crippen LogP contribution in [-0.4, -0.2) is 73.6 Å². The number of nitrogens with zero attached hydrogens (tertiary/aromatic N) is 3. The molecule has 0 aromatic carbocycles. The number of ether oxygens (including phenoxy) is 2. The Labute approximate surface area is 171 Å². The van der Waals surface area contributed by atoms with Crippen LogP contribution in [0.15, 0.2) is 12.4 Å². The zero-order valence-corrected chi connectivity index (χ0v) is 16.9. The standard InChI is InChI=1S/C20H32N6O3/c27-20(23-16-5-10-29-11-6-16)24-17-2-1-7-26(14-17)19-13-21-12-18(25-19)22-15-3-8-28-9-4-15/h12-13,15-17H,1-11,14H2,(H,22,25)(H2,23,24,27)/t17-/m1/s1. The Bertz CT molecular complexity index is 663. The molecule has 1 aromatic heterocycles. The number of nitrogens with one attached hydrogen (secondary N) is 3. The maximum Gasteiger partial charge on any atom is 0.315 e. The van der Waals surface area contributed by atoms with Crippen molar-refractivity contribution in [2.45, 2.75) is 56.7 Å². The lowest BCUT2D eigenvalue weighted by atomic mass is 10.1. The molecule has 0 radical (unpaired) electrons. The van der Waals surface area contributed by atoms with Crippen LogP contribution in [0.4, 0.5) is 16.4 Å². The summed E-state index contributed by atoms with van der Waals surface area (Å²) in [5, 5.41) is 9.69. The molecule has 0 saturated carbocycles. The normalized spacial score (nSPS) is 24.1. The van der Waals surface area contributed by atoms with Gasteiger partial charge in [-0.3, -0.25) is 4.98 Å². The Morgan fingerprint density at radius 2 is 1.62 bits per heavy atom. The molecule has 1 atom stereocenters. The topological polar surface area (TPSA) is 101 Å². The fraction of sp³-hybridized carbons (Fsp3) is 0.750. The van der Waals surface area contributed by atoms with E-state index in [1.807, 2.05) is 0 Å². The van der Waals surface area contributed by atoms with Gasteiger partial charge in [-0.25, -0.2) is 9.78 Å². The highest BCUT2D eigenvalue weighted by molar-refractivity contribution is 5.74. The van der Waals surface area contributed by atoms with E-state index < -0.39 is 0 Å². The summed E-state index contributed by atoms with van der Waals surface area (Å²) >= 11 is 0. The number of hydrogen-bond donors (Lipinski definition) is 3. The monoisotopic (exact) mass is 404 g/mol. The van der Waals surface area contributed by atoms with E-state index in [1.54, 1.807) is 12.4 Å². The fourth-order valence-electron chi connectivity index (χ4n) is 4.19. The van der Waals surface area contributed by atoms with Crippen LogP contribution in [0.1, 0.15) is 38.5 Å². The number of amides is 2. The lowest BCUT2D eigenvalue weighted by molar-refractivity contribution is 0.0799. The highest BCUT2D eigenvalue weighted by Gasteiger charge is 2.24. The van der Waals surface area contributed by atoms with Crippen molar-refractivity contribution in [1.82, 2.24) is 20.6 Å². The van der Waals surface area contributed by atoms with Crippen molar-refractivity contribution in [3.63, 3.8) is 0 Å². The minimum absolute atomic E-state index is 0.0789. The number of carbonyl (C=O) groups is 1. The lowest BCUT2D eigenvalue weighted by Gasteiger charge is -2.34. The van der Waals surface area contributed by atoms with Crippen LogP contribution >= 0.6 is 0 Å². The zero-order valence-electron chi connectivity index (χ0n) is 16.9. The van der Waals surface area contributed by atoms with Crippen molar-refractivity contribution < 1.29 is 14.3 Å². The first-order valence-corrected chi connectivity index (χ1v) is 10.8. The second-order valence-corrected chi connectivity index (χ2v) is 8.08. The molecule has 3 N–H and O–H groups in total. The van der Waals surface area contributed by atoms with Gasteiger partial charge >= 0.3 is 6.03 Å². The van der Waals surface area contributed by atoms with Gasteiger partial charge in [0.15, 0.2) is 0 Å². The van der Waals surface area contributed by atoms with Gasteiger partial charge < -0.3 is 30.3 Å². The first-order chi connectivity index (χ1) is 14.3. The number of carbonyl (C=O) groups excluding carboxylic acids is 1. The van der Waals surface area contributed by atoms with Crippen molar-refractivity contribution in [3.05, 3.63) is 12.4 Å². The second-order valence-electron chi connectivity index (χ2n) is 8.08. The van der Waals surface area contributed by atoms with Crippen LogP contribution in [0, 0.1) is 0 Å². The van der Waals surface area contributed by atoms with E-state index in [1.165, 1.54) is 0 Å². The number of hydrogen-bond acceptors (Lipinski definition) is 7. The van der Waals surface area contributed by atoms with Gasteiger partial charge in [-0.1, -0.05) is 0 Å². The van der Waals surface area contributed by atoms with E-state index >= 15 is 0 Å². The molecule has 2 amide bonds. The van der Waals surface area contributed by atoms with E-state index in [4.69, 9.17) is 14.5 Å². The van der Waals surface area contributed by atoms with E-state index in [2.05, 4.69) is 25.8 Å². The highest BCUT2D eigenvalue weighted by atomic mass is 16.5. The SMILES string of the molecule is O=C(NC1CCOCC1)N[C@@H]1CCCN(c2cncc(NC3CCOCC3)n2)C1. The van der Waals surface area contributed by atoms with Gasteiger partial charge in [-0.2, -0.15) is 0 Å². The smallest absolute Gasteiger partial charge is 0.315 e. The Kier molecular flexibility index (Phi) is 7.00. The van der Waals surface area contributed by atoms with E-state index in [-0.39, 0.29) is 18.1 Å². The van der Waals surface area contributed by atoms with Crippen LogP contribution in [0.2, 0.25) is 0 Å². The largest absolute Gasteiger partial charge is 0.381 e. The number of piperidine rings is 1. The van der Waals surface area contributed by atoms with Gasteiger partial charge in [-0.15, -0.1) is 0 Å². The quantitative estimate of drug-likeness (QED) is 0.684. The number of urea groups is 1. The minimum Gasteiger partial charge on any atom is -0.381 e. The van der Waals surface area contributed by atoms with Crippen molar-refractivity contribution in [2.24, 2.45) is 0 Å². The summed E-state index contributed by atoms with van der Waals surface area (Å²) in [5.41, 5.74) is 0. The molecule has 3 saturated heterocycles. The molecule has 4 rings (SSSR count). The molecule has 9 nitrogen and oxygen atoms in total. The number of anilines is 2. The van der Waals surface area contributed by atoms with Gasteiger partial charge in [-0.05, 0) is 38.5 Å². The van der Waals surface area contributed by atoms with Crippen LogP contribution in [0.3, 0.4) is 0 Å². The molecular weight excluding hydrogens is 372 g/mol. The Hall–Kier alpha value is -2.13. The van der Waals surface area contributed by atoms with Crippen LogP contribution in [-0.2, 0) is 9.47 Å². The Morgan fingerprint density at radius 3 is 2.38 bits per heavy atom. The van der Waals surface area contributed by atoms with Crippen molar-refractivity contribution in [2.75, 3.05) is 49.7 Å². The summed E-state index contributed by atoms with van der Waals surface area (Å²) in [6, 6.07) is 0.627. The zero-order chi connectivity index (χ0) is 19.9. The summed E-state index contributed by atoms with van der Waals surface area (Å²) in [5.74, 6) is 1.67. The maximum absolute atomic E-state index is 12.4. The average molecular weight is 405 g/mol. The van der Waals surface area contributed by atoms with Gasteiger partial charge in [0.25, 0.3) is 0 Å². The average Bonchev–Trinajstić information content (AvgIpc) is 2.75. The molecule has 0 bridgehead atoms. The molecule has 160 valence electrons. The molecule has 4 heterocycles. The minimum atomic E-state index is -0.0789. The van der Waals surface area contributed by atoms with Crippen molar-refractivity contribution in [1.29, 1.82) is 0 Å². The summed E-state index contributed by atoms with van der Waals surface area (Å²) in [6.07, 6.45) is 9.32. The second kappa shape index (κ2) is 10.1. The van der Waals surface area contributed by atoms with Gasteiger partial charge in [0.05, 0.1) is 12.4 Å². The molecule has 9 heteroatoms. The first-order valence-electron chi connectivity index (χ1n) is 10.8. The number of rotatable bonds is 5. The third kappa shape index (κ3) is 5.93. The Balaban J connectivity index is 1.29. The summed E-state index contributed by atoms with van der Waals surface area (Å²) in [4.78, 5) is 23.7. The summed E-state index contributed by atoms with van der Waals surface area (Å²) < 4.78 is 10.8. The molecule has 3 aliphatic heterocycles. The molecule has 3 fully saturated rings. The van der Waals surface area contributed by atoms with E-state index in [0.717, 1.165) is 89.7 Å². The van der Waals surface area contributed by atoms with Crippen LogP contribution in [0.25, 0.3) is 0 Å². The molecule has 29 heavy (non-hydrogen) atoms. The number of aromatic nitrogens is 2. The predicted octanol–water partition coefficient (Wildman–Crippen LogP) is 1.51. The van der Waals surface area contributed by atoms with Gasteiger partial charge in [0.1, 0.15) is 11.6 Å². The van der Waals surface area contributed by atoms with Crippen LogP contribution in [0.5, 0.6) is 0 Å². The lowest BCUT2D eigenvalue weighted by Crippen LogP contribution is -2.53. The van der Waals surface area contributed by atoms with E-state index in [0.29, 0.717) is 6.04 Å². The maximum atomic E-state index is 12.4. The Morgan fingerprint density at radius 1 is 0.931 bits per heavy atom. The molecule has 3 aliphatic rings. The van der Waals surface area contributed by atoms with E-state index in [9.17, 15) is 4.79 Å². The van der Waals surface area contributed by atoms with Crippen LogP contribution < -0.4 is 20.9 Å². The first kappa shape index (κ1) is 20.2. The van der Waals surface area contributed by atoms with Crippen molar-refractivity contribution in [3.8, 4) is 0 Å². The van der Waals surface area contributed by atoms with Gasteiger partial charge in [0, 0.05) is 57.6 Å². The fourth-order valence-corrected chi connectivity index (χ4v) is 4.19.